The number of rotatable bonds is 3. The lowest BCUT2D eigenvalue weighted by molar-refractivity contribution is -0.137. The van der Waals surface area contributed by atoms with Crippen LogP contribution in [0, 0.1) is 5.92 Å². The number of piperidine rings is 1. The van der Waals surface area contributed by atoms with Crippen LogP contribution in [0.5, 0.6) is 0 Å². The van der Waals surface area contributed by atoms with Gasteiger partial charge >= 0.3 is 0 Å². The van der Waals surface area contributed by atoms with Gasteiger partial charge in [-0.2, -0.15) is 0 Å². The van der Waals surface area contributed by atoms with E-state index in [-0.39, 0.29) is 17.6 Å². The van der Waals surface area contributed by atoms with Gasteiger partial charge in [0.2, 0.25) is 5.91 Å². The molecule has 3 heteroatoms. The number of nitrogens with zero attached hydrogens (tertiary/aromatic N) is 1. The Bertz CT molecular complexity index is 249. The van der Waals surface area contributed by atoms with E-state index >= 15 is 0 Å². The number of carbonyl (C=O) groups excluding carboxylic acids is 2. The van der Waals surface area contributed by atoms with E-state index in [1.165, 1.54) is 0 Å². The SMILES string of the molecule is CCC(=O)CN1C(=O)C2CCC1C2. The maximum Gasteiger partial charge on any atom is 0.226 e. The Labute approximate surface area is 78.1 Å². The van der Waals surface area contributed by atoms with E-state index < -0.39 is 0 Å². The normalized spacial score (nSPS) is 31.5. The van der Waals surface area contributed by atoms with Crippen LogP contribution in [-0.2, 0) is 9.59 Å². The Hall–Kier alpha value is -0.860. The predicted octanol–water partition coefficient (Wildman–Crippen LogP) is 0.976. The molecule has 1 aliphatic heterocycles. The van der Waals surface area contributed by atoms with Crippen molar-refractivity contribution in [2.75, 3.05) is 6.54 Å². The first-order valence-electron chi connectivity index (χ1n) is 5.04. The van der Waals surface area contributed by atoms with Crippen LogP contribution in [0.1, 0.15) is 32.6 Å². The third-order valence-electron chi connectivity index (χ3n) is 3.22. The molecule has 0 radical (unpaired) electrons. The molecule has 0 aromatic rings. The van der Waals surface area contributed by atoms with Crippen LogP contribution in [0.25, 0.3) is 0 Å². The number of amides is 1. The largest absolute Gasteiger partial charge is 0.332 e. The molecule has 1 saturated carbocycles. The van der Waals surface area contributed by atoms with E-state index in [0.717, 1.165) is 19.3 Å². The van der Waals surface area contributed by atoms with E-state index in [0.29, 0.717) is 19.0 Å². The van der Waals surface area contributed by atoms with Gasteiger partial charge < -0.3 is 4.90 Å². The molecule has 1 heterocycles. The third-order valence-corrected chi connectivity index (χ3v) is 3.22. The van der Waals surface area contributed by atoms with Gasteiger partial charge in [0.05, 0.1) is 6.54 Å². The van der Waals surface area contributed by atoms with Gasteiger partial charge in [0.25, 0.3) is 0 Å². The zero-order valence-electron chi connectivity index (χ0n) is 7.95. The van der Waals surface area contributed by atoms with Gasteiger partial charge in [-0.25, -0.2) is 0 Å². The molecular formula is C10H15NO2. The minimum absolute atomic E-state index is 0.181. The summed E-state index contributed by atoms with van der Waals surface area (Å²) in [4.78, 5) is 24.6. The number of fused-ring (bicyclic) bond motifs is 2. The van der Waals surface area contributed by atoms with E-state index in [2.05, 4.69) is 0 Å². The summed E-state index contributed by atoms with van der Waals surface area (Å²) in [6.45, 7) is 2.21. The summed E-state index contributed by atoms with van der Waals surface area (Å²) in [7, 11) is 0. The van der Waals surface area contributed by atoms with Crippen LogP contribution >= 0.6 is 0 Å². The standard InChI is InChI=1S/C10H15NO2/c1-2-9(12)6-11-8-4-3-7(5-8)10(11)13/h7-8H,2-6H2,1H3. The first-order valence-corrected chi connectivity index (χ1v) is 5.04. The van der Waals surface area contributed by atoms with Crippen molar-refractivity contribution in [1.82, 2.24) is 4.90 Å². The molecular weight excluding hydrogens is 166 g/mol. The van der Waals surface area contributed by atoms with Crippen LogP contribution < -0.4 is 0 Å². The van der Waals surface area contributed by atoms with Crippen molar-refractivity contribution in [2.24, 2.45) is 5.92 Å². The highest BCUT2D eigenvalue weighted by molar-refractivity contribution is 5.89. The molecule has 13 heavy (non-hydrogen) atoms. The van der Waals surface area contributed by atoms with Crippen molar-refractivity contribution in [3.8, 4) is 0 Å². The molecule has 2 unspecified atom stereocenters. The van der Waals surface area contributed by atoms with Gasteiger partial charge in [0.15, 0.2) is 5.78 Å². The third kappa shape index (κ3) is 1.36. The van der Waals surface area contributed by atoms with Crippen LogP contribution in [0.15, 0.2) is 0 Å². The van der Waals surface area contributed by atoms with Crippen molar-refractivity contribution in [1.29, 1.82) is 0 Å². The van der Waals surface area contributed by atoms with E-state index in [4.69, 9.17) is 0 Å². The number of ketones is 1. The fourth-order valence-corrected chi connectivity index (χ4v) is 2.39. The van der Waals surface area contributed by atoms with Crippen LogP contribution in [-0.4, -0.2) is 29.2 Å². The van der Waals surface area contributed by atoms with E-state index in [1.807, 2.05) is 6.92 Å². The monoisotopic (exact) mass is 181 g/mol. The molecule has 1 amide bonds. The lowest BCUT2D eigenvalue weighted by atomic mass is 10.1. The zero-order chi connectivity index (χ0) is 9.42. The van der Waals surface area contributed by atoms with Crippen LogP contribution in [0.2, 0.25) is 0 Å². The molecule has 2 fully saturated rings. The van der Waals surface area contributed by atoms with Crippen molar-refractivity contribution in [3.05, 3.63) is 0 Å². The Balaban J connectivity index is 2.00. The highest BCUT2D eigenvalue weighted by Crippen LogP contribution is 2.38. The summed E-state index contributed by atoms with van der Waals surface area (Å²) < 4.78 is 0. The molecule has 1 saturated heterocycles. The van der Waals surface area contributed by atoms with Gasteiger partial charge in [-0.15, -0.1) is 0 Å². The molecule has 2 aliphatic rings. The summed E-state index contributed by atoms with van der Waals surface area (Å²) in [5.74, 6) is 0.647. The second-order valence-electron chi connectivity index (χ2n) is 4.02. The molecule has 72 valence electrons. The average molecular weight is 181 g/mol. The molecule has 0 aromatic carbocycles. The fraction of sp³-hybridized carbons (Fsp3) is 0.800. The summed E-state index contributed by atoms with van der Waals surface area (Å²) in [6, 6.07) is 0.382. The van der Waals surface area contributed by atoms with Gasteiger partial charge in [0, 0.05) is 18.4 Å². The number of hydrogen-bond donors (Lipinski definition) is 0. The Kier molecular flexibility index (Phi) is 2.10. The lowest BCUT2D eigenvalue weighted by Crippen LogP contribution is -2.40. The molecule has 0 spiro atoms. The predicted molar refractivity (Wildman–Crippen MR) is 48.1 cm³/mol. The van der Waals surface area contributed by atoms with E-state index in [9.17, 15) is 9.59 Å². The maximum atomic E-state index is 11.6. The van der Waals surface area contributed by atoms with Crippen LogP contribution in [0.4, 0.5) is 0 Å². The smallest absolute Gasteiger partial charge is 0.226 e. The molecule has 1 aliphatic carbocycles. The number of likely N-dealkylation sites (tertiary alicyclic amines) is 1. The second-order valence-corrected chi connectivity index (χ2v) is 4.02. The van der Waals surface area contributed by atoms with Gasteiger partial charge in [0.1, 0.15) is 0 Å². The second kappa shape index (κ2) is 3.13. The van der Waals surface area contributed by atoms with Gasteiger partial charge in [-0.3, -0.25) is 9.59 Å². The molecule has 0 aromatic heterocycles. The number of Topliss-reactive ketones (excluding diaryl/α,β-unsaturated/α-hetero) is 1. The minimum atomic E-state index is 0.181. The molecule has 2 rings (SSSR count). The average Bonchev–Trinajstić information content (AvgIpc) is 2.69. The quantitative estimate of drug-likeness (QED) is 0.650. The fourth-order valence-electron chi connectivity index (χ4n) is 2.39. The Morgan fingerprint density at radius 1 is 1.54 bits per heavy atom. The van der Waals surface area contributed by atoms with Crippen molar-refractivity contribution in [2.45, 2.75) is 38.6 Å². The maximum absolute atomic E-state index is 11.6. The highest BCUT2D eigenvalue weighted by atomic mass is 16.2. The van der Waals surface area contributed by atoms with Gasteiger partial charge in [-0.05, 0) is 19.3 Å². The summed E-state index contributed by atoms with van der Waals surface area (Å²) >= 11 is 0. The first-order chi connectivity index (χ1) is 6.22. The molecule has 3 nitrogen and oxygen atoms in total. The van der Waals surface area contributed by atoms with Crippen molar-refractivity contribution in [3.63, 3.8) is 0 Å². The summed E-state index contributed by atoms with van der Waals surface area (Å²) in [6.07, 6.45) is 3.69. The van der Waals surface area contributed by atoms with Gasteiger partial charge in [-0.1, -0.05) is 6.92 Å². The minimum Gasteiger partial charge on any atom is -0.332 e. The summed E-state index contributed by atoms with van der Waals surface area (Å²) in [5.41, 5.74) is 0. The lowest BCUT2D eigenvalue weighted by Gasteiger charge is -2.26. The number of hydrogen-bond acceptors (Lipinski definition) is 2. The Morgan fingerprint density at radius 3 is 2.85 bits per heavy atom. The highest BCUT2D eigenvalue weighted by Gasteiger charge is 2.44. The zero-order valence-corrected chi connectivity index (χ0v) is 7.95. The topological polar surface area (TPSA) is 37.4 Å². The number of carbonyl (C=O) groups is 2. The first kappa shape index (κ1) is 8.73. The molecule has 2 bridgehead atoms. The van der Waals surface area contributed by atoms with Crippen LogP contribution in [0.3, 0.4) is 0 Å². The summed E-state index contributed by atoms with van der Waals surface area (Å²) in [5, 5.41) is 0. The van der Waals surface area contributed by atoms with Crippen molar-refractivity contribution >= 4 is 11.7 Å². The molecule has 0 N–H and O–H groups in total. The van der Waals surface area contributed by atoms with Crippen molar-refractivity contribution < 1.29 is 9.59 Å². The van der Waals surface area contributed by atoms with E-state index in [1.54, 1.807) is 4.90 Å². The molecule has 2 atom stereocenters. The Morgan fingerprint density at radius 2 is 2.31 bits per heavy atom.